The first-order valence-corrected chi connectivity index (χ1v) is 4.95. The molecule has 3 heteroatoms. The lowest BCUT2D eigenvalue weighted by atomic mass is 10.0. The molecular formula is C12H14N3. The SMILES string of the molecule is CN(C)Cc1ccccc1C1=CC=N[N]1. The molecule has 0 saturated carbocycles. The van der Waals surface area contributed by atoms with E-state index in [0.29, 0.717) is 0 Å². The topological polar surface area (TPSA) is 29.7 Å². The first kappa shape index (κ1) is 9.93. The molecule has 0 aromatic heterocycles. The lowest BCUT2D eigenvalue weighted by Crippen LogP contribution is -2.12. The maximum atomic E-state index is 4.09. The van der Waals surface area contributed by atoms with Gasteiger partial charge >= 0.3 is 0 Å². The van der Waals surface area contributed by atoms with E-state index >= 15 is 0 Å². The van der Waals surface area contributed by atoms with Crippen molar-refractivity contribution in [2.75, 3.05) is 14.1 Å². The van der Waals surface area contributed by atoms with Crippen molar-refractivity contribution in [1.82, 2.24) is 10.3 Å². The molecule has 0 unspecified atom stereocenters. The summed E-state index contributed by atoms with van der Waals surface area (Å²) in [4.78, 5) is 2.15. The van der Waals surface area contributed by atoms with Crippen molar-refractivity contribution in [3.05, 3.63) is 41.5 Å². The Labute approximate surface area is 90.1 Å². The minimum atomic E-state index is 0.920. The lowest BCUT2D eigenvalue weighted by Gasteiger charge is -2.13. The molecule has 2 rings (SSSR count). The zero-order chi connectivity index (χ0) is 10.7. The second-order valence-electron chi connectivity index (χ2n) is 3.81. The smallest absolute Gasteiger partial charge is 0.0948 e. The monoisotopic (exact) mass is 200 g/mol. The molecule has 0 N–H and O–H groups in total. The predicted octanol–water partition coefficient (Wildman–Crippen LogP) is 1.69. The van der Waals surface area contributed by atoms with Crippen LogP contribution in [0, 0.1) is 0 Å². The first-order valence-electron chi connectivity index (χ1n) is 4.95. The number of nitrogens with zero attached hydrogens (tertiary/aromatic N) is 3. The van der Waals surface area contributed by atoms with Crippen molar-refractivity contribution in [2.45, 2.75) is 6.54 Å². The highest BCUT2D eigenvalue weighted by atomic mass is 15.3. The summed E-state index contributed by atoms with van der Waals surface area (Å²) in [6.45, 7) is 0.920. The van der Waals surface area contributed by atoms with Crippen molar-refractivity contribution in [3.63, 3.8) is 0 Å². The number of benzene rings is 1. The Morgan fingerprint density at radius 2 is 2.00 bits per heavy atom. The van der Waals surface area contributed by atoms with E-state index in [-0.39, 0.29) is 0 Å². The molecular weight excluding hydrogens is 186 g/mol. The van der Waals surface area contributed by atoms with Crippen molar-refractivity contribution >= 4 is 11.9 Å². The molecule has 3 nitrogen and oxygen atoms in total. The molecule has 0 bridgehead atoms. The maximum absolute atomic E-state index is 4.09. The molecule has 1 aliphatic heterocycles. The van der Waals surface area contributed by atoms with E-state index in [1.165, 1.54) is 11.1 Å². The predicted molar refractivity (Wildman–Crippen MR) is 62.4 cm³/mol. The first-order chi connectivity index (χ1) is 7.27. The Kier molecular flexibility index (Phi) is 2.83. The molecule has 0 amide bonds. The Morgan fingerprint density at radius 3 is 2.67 bits per heavy atom. The van der Waals surface area contributed by atoms with E-state index < -0.39 is 0 Å². The summed E-state index contributed by atoms with van der Waals surface area (Å²) < 4.78 is 0. The van der Waals surface area contributed by atoms with Gasteiger partial charge < -0.3 is 4.90 Å². The zero-order valence-corrected chi connectivity index (χ0v) is 9.01. The minimum absolute atomic E-state index is 0.920. The van der Waals surface area contributed by atoms with Gasteiger partial charge in [-0.3, -0.25) is 0 Å². The largest absolute Gasteiger partial charge is 0.305 e. The molecule has 1 aliphatic rings. The van der Waals surface area contributed by atoms with E-state index in [9.17, 15) is 0 Å². The fraction of sp³-hybridized carbons (Fsp3) is 0.250. The van der Waals surface area contributed by atoms with Crippen LogP contribution in [0.4, 0.5) is 0 Å². The van der Waals surface area contributed by atoms with Gasteiger partial charge in [-0.1, -0.05) is 24.3 Å². The highest BCUT2D eigenvalue weighted by molar-refractivity contribution is 5.87. The molecule has 0 spiro atoms. The van der Waals surface area contributed by atoms with Crippen molar-refractivity contribution in [2.24, 2.45) is 5.10 Å². The number of allylic oxidation sites excluding steroid dienone is 1. The standard InChI is InChI=1S/C12H14N3/c1-15(2)9-10-5-3-4-6-11(10)12-7-8-13-14-12/h3-8H,9H2,1-2H3. The number of rotatable bonds is 3. The van der Waals surface area contributed by atoms with Crippen LogP contribution in [0.15, 0.2) is 35.4 Å². The van der Waals surface area contributed by atoms with Crippen LogP contribution < -0.4 is 5.43 Å². The number of hydrogen-bond acceptors (Lipinski definition) is 2. The second kappa shape index (κ2) is 4.28. The van der Waals surface area contributed by atoms with Gasteiger partial charge in [0.2, 0.25) is 0 Å². The summed E-state index contributed by atoms with van der Waals surface area (Å²) in [5.74, 6) is 0. The van der Waals surface area contributed by atoms with E-state index in [4.69, 9.17) is 0 Å². The lowest BCUT2D eigenvalue weighted by molar-refractivity contribution is 0.402. The molecule has 15 heavy (non-hydrogen) atoms. The van der Waals surface area contributed by atoms with E-state index in [1.54, 1.807) is 6.21 Å². The molecule has 0 aliphatic carbocycles. The third kappa shape index (κ3) is 2.25. The molecule has 0 fully saturated rings. The van der Waals surface area contributed by atoms with Crippen LogP contribution in [0.5, 0.6) is 0 Å². The van der Waals surface area contributed by atoms with Crippen LogP contribution in [0.3, 0.4) is 0 Å². The minimum Gasteiger partial charge on any atom is -0.305 e. The summed E-state index contributed by atoms with van der Waals surface area (Å²) in [5, 5.41) is 3.86. The Morgan fingerprint density at radius 1 is 1.20 bits per heavy atom. The fourth-order valence-corrected chi connectivity index (χ4v) is 1.63. The molecule has 1 radical (unpaired) electrons. The average molecular weight is 200 g/mol. The van der Waals surface area contributed by atoms with Gasteiger partial charge in [0.1, 0.15) is 0 Å². The Hall–Kier alpha value is -1.61. The normalized spacial score (nSPS) is 14.2. The highest BCUT2D eigenvalue weighted by Gasteiger charge is 2.10. The Bertz CT molecular complexity index is 405. The van der Waals surface area contributed by atoms with Gasteiger partial charge in [0.25, 0.3) is 0 Å². The molecule has 0 saturated heterocycles. The van der Waals surface area contributed by atoms with Crippen LogP contribution in [0.2, 0.25) is 0 Å². The van der Waals surface area contributed by atoms with Gasteiger partial charge in [0.15, 0.2) is 0 Å². The van der Waals surface area contributed by atoms with Gasteiger partial charge in [-0.15, -0.1) is 0 Å². The Balaban J connectivity index is 2.29. The van der Waals surface area contributed by atoms with E-state index in [2.05, 4.69) is 47.7 Å². The second-order valence-corrected chi connectivity index (χ2v) is 3.81. The molecule has 0 atom stereocenters. The van der Waals surface area contributed by atoms with Gasteiger partial charge in [-0.2, -0.15) is 10.5 Å². The summed E-state index contributed by atoms with van der Waals surface area (Å²) in [5.41, 5.74) is 7.49. The van der Waals surface area contributed by atoms with Gasteiger partial charge in [0, 0.05) is 12.1 Å². The number of hydrogen-bond donors (Lipinski definition) is 0. The molecule has 1 aromatic rings. The van der Waals surface area contributed by atoms with E-state index in [1.807, 2.05) is 12.1 Å². The molecule has 1 aromatic carbocycles. The van der Waals surface area contributed by atoms with Crippen LogP contribution >= 0.6 is 0 Å². The average Bonchev–Trinajstić information content (AvgIpc) is 2.70. The molecule has 77 valence electrons. The van der Waals surface area contributed by atoms with Crippen molar-refractivity contribution in [3.8, 4) is 0 Å². The fourth-order valence-electron chi connectivity index (χ4n) is 1.63. The van der Waals surface area contributed by atoms with Crippen LogP contribution in [0.25, 0.3) is 5.70 Å². The van der Waals surface area contributed by atoms with Crippen molar-refractivity contribution < 1.29 is 0 Å². The quantitative estimate of drug-likeness (QED) is 0.730. The molecule has 1 heterocycles. The van der Waals surface area contributed by atoms with Gasteiger partial charge in [0.05, 0.1) is 11.9 Å². The summed E-state index contributed by atoms with van der Waals surface area (Å²) >= 11 is 0. The maximum Gasteiger partial charge on any atom is 0.0948 e. The highest BCUT2D eigenvalue weighted by Crippen LogP contribution is 2.20. The van der Waals surface area contributed by atoms with Gasteiger partial charge in [-0.05, 0) is 25.7 Å². The van der Waals surface area contributed by atoms with E-state index in [0.717, 1.165) is 12.2 Å². The third-order valence-electron chi connectivity index (χ3n) is 2.24. The van der Waals surface area contributed by atoms with Crippen LogP contribution in [-0.4, -0.2) is 25.2 Å². The summed E-state index contributed by atoms with van der Waals surface area (Å²) in [7, 11) is 4.13. The summed E-state index contributed by atoms with van der Waals surface area (Å²) in [6, 6.07) is 8.30. The zero-order valence-electron chi connectivity index (χ0n) is 9.01. The van der Waals surface area contributed by atoms with Crippen LogP contribution in [-0.2, 0) is 6.54 Å². The third-order valence-corrected chi connectivity index (χ3v) is 2.24. The summed E-state index contributed by atoms with van der Waals surface area (Å²) in [6.07, 6.45) is 3.66. The van der Waals surface area contributed by atoms with Gasteiger partial charge in [-0.25, -0.2) is 0 Å². The van der Waals surface area contributed by atoms with Crippen LogP contribution in [0.1, 0.15) is 11.1 Å². The van der Waals surface area contributed by atoms with Crippen molar-refractivity contribution in [1.29, 1.82) is 0 Å².